The standard InChI is InChI=1S/C40H34N2O4/c1-23(2)39(43)45-27-15-11-13-25(21-27)33-35-29-17-7-9-19-31(29)42(6)38(35)34(26-14-12-16-28(22-26)46-40(44)24(3)4)36-30-18-8-10-20-32(30)41(5)37(33)36/h7-22,33-34H,1,3H2,2,4-6H3. The fourth-order valence-electron chi connectivity index (χ4n) is 7.02. The van der Waals surface area contributed by atoms with Gasteiger partial charge in [-0.2, -0.15) is 0 Å². The number of rotatable bonds is 6. The zero-order chi connectivity index (χ0) is 32.3. The highest BCUT2D eigenvalue weighted by Gasteiger charge is 2.41. The smallest absolute Gasteiger partial charge is 0.338 e. The highest BCUT2D eigenvalue weighted by molar-refractivity contribution is 5.94. The molecule has 0 N–H and O–H groups in total. The molecule has 2 atom stereocenters. The predicted octanol–water partition coefficient (Wildman–Crippen LogP) is 8.31. The van der Waals surface area contributed by atoms with E-state index >= 15 is 0 Å². The van der Waals surface area contributed by atoms with Gasteiger partial charge in [-0.15, -0.1) is 0 Å². The first-order chi connectivity index (χ1) is 22.2. The van der Waals surface area contributed by atoms with Crippen LogP contribution in [0.5, 0.6) is 11.5 Å². The lowest BCUT2D eigenvalue weighted by Gasteiger charge is -2.33. The van der Waals surface area contributed by atoms with E-state index in [2.05, 4.69) is 97.1 Å². The molecule has 0 radical (unpaired) electrons. The first-order valence-electron chi connectivity index (χ1n) is 15.3. The fraction of sp³-hybridized carbons (Fsp3) is 0.150. The number of carbonyl (C=O) groups is 2. The molecule has 6 nitrogen and oxygen atoms in total. The second-order valence-corrected chi connectivity index (χ2v) is 12.1. The molecule has 0 spiro atoms. The molecule has 4 aromatic carbocycles. The fourth-order valence-corrected chi connectivity index (χ4v) is 7.02. The molecule has 1 aliphatic carbocycles. The van der Waals surface area contributed by atoms with E-state index in [0.29, 0.717) is 22.6 Å². The van der Waals surface area contributed by atoms with Crippen molar-refractivity contribution in [3.8, 4) is 11.5 Å². The molecule has 6 heteroatoms. The van der Waals surface area contributed by atoms with Gasteiger partial charge < -0.3 is 18.6 Å². The second-order valence-electron chi connectivity index (χ2n) is 12.1. The van der Waals surface area contributed by atoms with Crippen LogP contribution in [-0.2, 0) is 23.7 Å². The van der Waals surface area contributed by atoms with Gasteiger partial charge in [0.15, 0.2) is 0 Å². The van der Waals surface area contributed by atoms with E-state index in [1.807, 2.05) is 24.3 Å². The summed E-state index contributed by atoms with van der Waals surface area (Å²) in [7, 11) is 4.24. The summed E-state index contributed by atoms with van der Waals surface area (Å²) in [4.78, 5) is 25.0. The van der Waals surface area contributed by atoms with E-state index in [1.165, 1.54) is 11.1 Å². The average Bonchev–Trinajstić information content (AvgIpc) is 3.51. The van der Waals surface area contributed by atoms with Crippen LogP contribution in [0.4, 0.5) is 0 Å². The number of ether oxygens (including phenoxy) is 2. The summed E-state index contributed by atoms with van der Waals surface area (Å²) in [6, 6.07) is 32.6. The van der Waals surface area contributed by atoms with Crippen molar-refractivity contribution in [1.82, 2.24) is 9.13 Å². The number of fused-ring (bicyclic) bond motifs is 6. The molecule has 0 aliphatic heterocycles. The molecule has 0 fully saturated rings. The van der Waals surface area contributed by atoms with E-state index in [0.717, 1.165) is 44.3 Å². The Kier molecular flexibility index (Phi) is 7.01. The Bertz CT molecular complexity index is 2090. The Labute approximate surface area is 267 Å². The quantitative estimate of drug-likeness (QED) is 0.109. The minimum absolute atomic E-state index is 0.169. The monoisotopic (exact) mass is 606 g/mol. The Morgan fingerprint density at radius 3 is 1.37 bits per heavy atom. The molecule has 2 unspecified atom stereocenters. The number of aromatic nitrogens is 2. The number of aryl methyl sites for hydroxylation is 2. The molecular weight excluding hydrogens is 572 g/mol. The maximum Gasteiger partial charge on any atom is 0.338 e. The van der Waals surface area contributed by atoms with Gasteiger partial charge in [0.05, 0.1) is 11.8 Å². The van der Waals surface area contributed by atoms with Gasteiger partial charge in [-0.1, -0.05) is 73.8 Å². The van der Waals surface area contributed by atoms with Crippen molar-refractivity contribution in [3.63, 3.8) is 0 Å². The van der Waals surface area contributed by atoms with E-state index in [4.69, 9.17) is 9.47 Å². The zero-order valence-electron chi connectivity index (χ0n) is 26.3. The number of nitrogens with zero attached hydrogens (tertiary/aromatic N) is 2. The lowest BCUT2D eigenvalue weighted by molar-refractivity contribution is -0.130. The lowest BCUT2D eigenvalue weighted by Crippen LogP contribution is -2.23. The molecule has 0 saturated carbocycles. The van der Waals surface area contributed by atoms with E-state index < -0.39 is 11.9 Å². The van der Waals surface area contributed by atoms with Gasteiger partial charge in [-0.05, 0) is 72.5 Å². The molecule has 228 valence electrons. The number of para-hydroxylation sites is 2. The van der Waals surface area contributed by atoms with Crippen LogP contribution in [0.15, 0.2) is 121 Å². The molecule has 0 saturated heterocycles. The largest absolute Gasteiger partial charge is 0.423 e. The summed E-state index contributed by atoms with van der Waals surface area (Å²) >= 11 is 0. The second kappa shape index (κ2) is 11.1. The molecule has 46 heavy (non-hydrogen) atoms. The normalized spacial score (nSPS) is 15.3. The van der Waals surface area contributed by atoms with Crippen molar-refractivity contribution in [2.45, 2.75) is 25.7 Å². The summed E-state index contributed by atoms with van der Waals surface area (Å²) in [5, 5.41) is 2.31. The van der Waals surface area contributed by atoms with Gasteiger partial charge in [0, 0.05) is 58.4 Å². The Morgan fingerprint density at radius 2 is 0.978 bits per heavy atom. The van der Waals surface area contributed by atoms with Crippen molar-refractivity contribution in [1.29, 1.82) is 0 Å². The number of benzene rings is 4. The molecule has 7 rings (SSSR count). The molecule has 6 aromatic rings. The molecule has 1 aliphatic rings. The van der Waals surface area contributed by atoms with Crippen LogP contribution in [0.1, 0.15) is 59.3 Å². The van der Waals surface area contributed by atoms with Crippen LogP contribution in [0.25, 0.3) is 21.8 Å². The van der Waals surface area contributed by atoms with Gasteiger partial charge in [0.1, 0.15) is 11.5 Å². The predicted molar refractivity (Wildman–Crippen MR) is 182 cm³/mol. The number of hydrogen-bond donors (Lipinski definition) is 0. The summed E-state index contributed by atoms with van der Waals surface area (Å²) < 4.78 is 16.0. The van der Waals surface area contributed by atoms with Crippen molar-refractivity contribution in [2.24, 2.45) is 14.1 Å². The average molecular weight is 607 g/mol. The minimum Gasteiger partial charge on any atom is -0.423 e. The summed E-state index contributed by atoms with van der Waals surface area (Å²) in [6.45, 7) is 10.8. The van der Waals surface area contributed by atoms with Crippen LogP contribution in [-0.4, -0.2) is 21.1 Å². The van der Waals surface area contributed by atoms with Crippen molar-refractivity contribution < 1.29 is 19.1 Å². The highest BCUT2D eigenvalue weighted by Crippen LogP contribution is 2.55. The highest BCUT2D eigenvalue weighted by atomic mass is 16.5. The summed E-state index contributed by atoms with van der Waals surface area (Å²) in [5.41, 5.74) is 9.64. The van der Waals surface area contributed by atoms with Gasteiger partial charge in [0.2, 0.25) is 0 Å². The Hall–Kier alpha value is -5.62. The van der Waals surface area contributed by atoms with Crippen LogP contribution < -0.4 is 9.47 Å². The third-order valence-corrected chi connectivity index (χ3v) is 9.01. The van der Waals surface area contributed by atoms with E-state index in [1.54, 1.807) is 26.0 Å². The number of carbonyl (C=O) groups excluding carboxylic acids is 2. The topological polar surface area (TPSA) is 62.5 Å². The van der Waals surface area contributed by atoms with Crippen molar-refractivity contribution >= 4 is 33.7 Å². The Balaban J connectivity index is 1.54. The van der Waals surface area contributed by atoms with E-state index in [9.17, 15) is 9.59 Å². The van der Waals surface area contributed by atoms with Gasteiger partial charge >= 0.3 is 11.9 Å². The maximum atomic E-state index is 12.5. The lowest BCUT2D eigenvalue weighted by atomic mass is 9.72. The Morgan fingerprint density at radius 1 is 0.587 bits per heavy atom. The summed E-state index contributed by atoms with van der Waals surface area (Å²) in [6.07, 6.45) is 0. The number of hydrogen-bond acceptors (Lipinski definition) is 4. The first-order valence-corrected chi connectivity index (χ1v) is 15.3. The molecular formula is C40H34N2O4. The molecule has 2 heterocycles. The minimum atomic E-state index is -0.454. The molecule has 0 bridgehead atoms. The molecule has 2 aromatic heterocycles. The van der Waals surface area contributed by atoms with Gasteiger partial charge in [-0.25, -0.2) is 9.59 Å². The third-order valence-electron chi connectivity index (χ3n) is 9.01. The number of esters is 2. The van der Waals surface area contributed by atoms with Gasteiger partial charge in [-0.3, -0.25) is 0 Å². The molecule has 0 amide bonds. The third kappa shape index (κ3) is 4.57. The van der Waals surface area contributed by atoms with E-state index in [-0.39, 0.29) is 11.8 Å². The van der Waals surface area contributed by atoms with Crippen LogP contribution >= 0.6 is 0 Å². The SMILES string of the molecule is C=C(C)C(=O)Oc1cccc(C2c3c(n(C)c4ccccc34)C(c3cccc(OC(=O)C(=C)C)c3)c3c2n(C)c2ccccc32)c1. The first kappa shape index (κ1) is 29.1. The van der Waals surface area contributed by atoms with Crippen molar-refractivity contribution in [3.05, 3.63) is 155 Å². The van der Waals surface area contributed by atoms with Crippen LogP contribution in [0.2, 0.25) is 0 Å². The van der Waals surface area contributed by atoms with Gasteiger partial charge in [0.25, 0.3) is 0 Å². The zero-order valence-corrected chi connectivity index (χ0v) is 26.3. The van der Waals surface area contributed by atoms with Crippen LogP contribution in [0.3, 0.4) is 0 Å². The maximum absolute atomic E-state index is 12.5. The van der Waals surface area contributed by atoms with Crippen LogP contribution in [0, 0.1) is 0 Å². The van der Waals surface area contributed by atoms with Crippen molar-refractivity contribution in [2.75, 3.05) is 0 Å². The summed E-state index contributed by atoms with van der Waals surface area (Å²) in [5.74, 6) is -0.299.